The van der Waals surface area contributed by atoms with E-state index in [1.54, 1.807) is 18.2 Å². The molecular formula is C21H27N3O6. The molecule has 2 aliphatic heterocycles. The van der Waals surface area contributed by atoms with Crippen molar-refractivity contribution < 1.29 is 29.1 Å². The Hall–Kier alpha value is -2.81. The van der Waals surface area contributed by atoms with Crippen LogP contribution in [-0.2, 0) is 9.59 Å². The number of hydrazine groups is 1. The molecule has 0 radical (unpaired) electrons. The highest BCUT2D eigenvalue weighted by molar-refractivity contribution is 5.96. The van der Waals surface area contributed by atoms with Crippen molar-refractivity contribution in [2.24, 2.45) is 11.8 Å². The van der Waals surface area contributed by atoms with Crippen molar-refractivity contribution in [1.29, 1.82) is 0 Å². The largest absolute Gasteiger partial charge is 0.454 e. The maximum Gasteiger partial charge on any atom is 0.272 e. The summed E-state index contributed by atoms with van der Waals surface area (Å²) in [5, 5.41) is 13.2. The molecular weight excluding hydrogens is 390 g/mol. The Morgan fingerprint density at radius 3 is 2.63 bits per heavy atom. The van der Waals surface area contributed by atoms with Crippen LogP contribution in [0.15, 0.2) is 18.2 Å². The van der Waals surface area contributed by atoms with Gasteiger partial charge in [0.2, 0.25) is 19.1 Å². The van der Waals surface area contributed by atoms with Crippen molar-refractivity contribution >= 4 is 18.2 Å². The lowest BCUT2D eigenvalue weighted by molar-refractivity contribution is -0.160. The zero-order valence-electron chi connectivity index (χ0n) is 16.9. The van der Waals surface area contributed by atoms with Crippen LogP contribution in [0.4, 0.5) is 0 Å². The topological polar surface area (TPSA) is 99.6 Å². The Balaban J connectivity index is 1.50. The normalized spacial score (nSPS) is 19.2. The van der Waals surface area contributed by atoms with Gasteiger partial charge in [0.25, 0.3) is 5.91 Å². The fraction of sp³-hybridized carbons (Fsp3) is 0.571. The van der Waals surface area contributed by atoms with Crippen LogP contribution < -0.4 is 9.47 Å². The van der Waals surface area contributed by atoms with Gasteiger partial charge in [-0.2, -0.15) is 0 Å². The lowest BCUT2D eigenvalue weighted by Gasteiger charge is -2.32. The third-order valence-electron chi connectivity index (χ3n) is 6.11. The summed E-state index contributed by atoms with van der Waals surface area (Å²) in [7, 11) is 0. The fourth-order valence-electron chi connectivity index (χ4n) is 4.61. The molecule has 1 aromatic rings. The molecule has 1 saturated carbocycles. The van der Waals surface area contributed by atoms with Crippen molar-refractivity contribution in [2.45, 2.75) is 38.5 Å². The third kappa shape index (κ3) is 4.21. The Kier molecular flexibility index (Phi) is 6.08. The summed E-state index contributed by atoms with van der Waals surface area (Å²) in [5.74, 6) is 0.450. The van der Waals surface area contributed by atoms with Crippen LogP contribution in [0.2, 0.25) is 0 Å². The molecule has 162 valence electrons. The first-order valence-corrected chi connectivity index (χ1v) is 10.5. The highest BCUT2D eigenvalue weighted by Crippen LogP contribution is 2.34. The van der Waals surface area contributed by atoms with Gasteiger partial charge >= 0.3 is 0 Å². The highest BCUT2D eigenvalue weighted by atomic mass is 16.7. The van der Waals surface area contributed by atoms with Gasteiger partial charge in [-0.05, 0) is 37.0 Å². The SMILES string of the molecule is O=CN(O)C[C@@H](CC1CCCC1)C(=O)N1CCCN1C(=O)c1ccc2c(c1)OCO2. The lowest BCUT2D eigenvalue weighted by Crippen LogP contribution is -2.49. The smallest absolute Gasteiger partial charge is 0.272 e. The average Bonchev–Trinajstić information content (AvgIpc) is 3.52. The van der Waals surface area contributed by atoms with E-state index in [1.807, 2.05) is 0 Å². The monoisotopic (exact) mass is 417 g/mol. The van der Waals surface area contributed by atoms with E-state index in [0.29, 0.717) is 60.4 Å². The Morgan fingerprint density at radius 1 is 1.13 bits per heavy atom. The molecule has 1 aromatic carbocycles. The molecule has 30 heavy (non-hydrogen) atoms. The molecule has 4 rings (SSSR count). The third-order valence-corrected chi connectivity index (χ3v) is 6.11. The second-order valence-corrected chi connectivity index (χ2v) is 8.12. The van der Waals surface area contributed by atoms with Gasteiger partial charge in [-0.1, -0.05) is 25.7 Å². The van der Waals surface area contributed by atoms with Crippen molar-refractivity contribution in [1.82, 2.24) is 15.1 Å². The number of amides is 3. The summed E-state index contributed by atoms with van der Waals surface area (Å²) in [5.41, 5.74) is 0.419. The maximum atomic E-state index is 13.4. The summed E-state index contributed by atoms with van der Waals surface area (Å²) >= 11 is 0. The molecule has 1 aliphatic carbocycles. The van der Waals surface area contributed by atoms with Crippen LogP contribution in [-0.4, -0.2) is 64.9 Å². The molecule has 0 spiro atoms. The summed E-state index contributed by atoms with van der Waals surface area (Å²) < 4.78 is 10.6. The molecule has 0 bridgehead atoms. The molecule has 1 saturated heterocycles. The fourth-order valence-corrected chi connectivity index (χ4v) is 4.61. The maximum absolute atomic E-state index is 13.4. The Morgan fingerprint density at radius 2 is 1.87 bits per heavy atom. The van der Waals surface area contributed by atoms with Crippen LogP contribution in [0, 0.1) is 11.8 Å². The van der Waals surface area contributed by atoms with Crippen molar-refractivity contribution in [3.63, 3.8) is 0 Å². The van der Waals surface area contributed by atoms with E-state index in [4.69, 9.17) is 9.47 Å². The van der Waals surface area contributed by atoms with Gasteiger partial charge in [0.15, 0.2) is 11.5 Å². The first-order chi connectivity index (χ1) is 14.6. The number of carbonyl (C=O) groups excluding carboxylic acids is 3. The Bertz CT molecular complexity index is 810. The molecule has 2 heterocycles. The second kappa shape index (κ2) is 8.91. The summed E-state index contributed by atoms with van der Waals surface area (Å²) in [6, 6.07) is 4.98. The zero-order valence-corrected chi connectivity index (χ0v) is 16.9. The van der Waals surface area contributed by atoms with E-state index >= 15 is 0 Å². The highest BCUT2D eigenvalue weighted by Gasteiger charge is 2.37. The van der Waals surface area contributed by atoms with E-state index in [2.05, 4.69) is 0 Å². The lowest BCUT2D eigenvalue weighted by atomic mass is 9.92. The average molecular weight is 417 g/mol. The van der Waals surface area contributed by atoms with E-state index in [0.717, 1.165) is 25.7 Å². The van der Waals surface area contributed by atoms with Gasteiger partial charge < -0.3 is 9.47 Å². The minimum atomic E-state index is -0.548. The molecule has 3 amide bonds. The minimum absolute atomic E-state index is 0.0681. The van der Waals surface area contributed by atoms with E-state index < -0.39 is 5.92 Å². The van der Waals surface area contributed by atoms with Gasteiger partial charge in [0.1, 0.15) is 0 Å². The number of hydrogen-bond acceptors (Lipinski definition) is 6. The quantitative estimate of drug-likeness (QED) is 0.414. The second-order valence-electron chi connectivity index (χ2n) is 8.12. The molecule has 0 unspecified atom stereocenters. The van der Waals surface area contributed by atoms with Crippen LogP contribution in [0.25, 0.3) is 0 Å². The van der Waals surface area contributed by atoms with Crippen molar-refractivity contribution in [3.05, 3.63) is 23.8 Å². The van der Waals surface area contributed by atoms with Crippen LogP contribution in [0.1, 0.15) is 48.9 Å². The number of fused-ring (bicyclic) bond motifs is 1. The first kappa shape index (κ1) is 20.5. The standard InChI is InChI=1S/C21H27N3O6/c25-13-22(28)12-17(10-15-4-1-2-5-15)21(27)24-9-3-8-23(24)20(26)16-6-7-18-19(11-16)30-14-29-18/h6-7,11,13,15,17,28H,1-5,8-10,12,14H2/t17-/m1/s1. The minimum Gasteiger partial charge on any atom is -0.454 e. The molecule has 2 fully saturated rings. The predicted molar refractivity (Wildman–Crippen MR) is 105 cm³/mol. The van der Waals surface area contributed by atoms with Crippen LogP contribution in [0.3, 0.4) is 0 Å². The van der Waals surface area contributed by atoms with Gasteiger partial charge in [-0.25, -0.2) is 10.1 Å². The summed E-state index contributed by atoms with van der Waals surface area (Å²) in [6.07, 6.45) is 5.97. The van der Waals surface area contributed by atoms with Crippen molar-refractivity contribution in [3.8, 4) is 11.5 Å². The van der Waals surface area contributed by atoms with Gasteiger partial charge in [0.05, 0.1) is 12.5 Å². The number of hydrogen-bond donors (Lipinski definition) is 1. The number of rotatable bonds is 7. The van der Waals surface area contributed by atoms with E-state index in [9.17, 15) is 19.6 Å². The van der Waals surface area contributed by atoms with Gasteiger partial charge in [-0.3, -0.25) is 24.6 Å². The number of nitrogens with zero attached hydrogens (tertiary/aromatic N) is 3. The summed E-state index contributed by atoms with van der Waals surface area (Å²) in [6.45, 7) is 0.925. The van der Waals surface area contributed by atoms with E-state index in [1.165, 1.54) is 10.0 Å². The van der Waals surface area contributed by atoms with Crippen LogP contribution >= 0.6 is 0 Å². The molecule has 1 N–H and O–H groups in total. The van der Waals surface area contributed by atoms with Gasteiger partial charge in [-0.15, -0.1) is 0 Å². The molecule has 1 atom stereocenters. The number of carbonyl (C=O) groups is 3. The molecule has 0 aromatic heterocycles. The first-order valence-electron chi connectivity index (χ1n) is 10.5. The molecule has 9 nitrogen and oxygen atoms in total. The molecule has 9 heteroatoms. The number of ether oxygens (including phenoxy) is 2. The molecule has 3 aliphatic rings. The van der Waals surface area contributed by atoms with Gasteiger partial charge in [0, 0.05) is 18.7 Å². The number of benzene rings is 1. The van der Waals surface area contributed by atoms with Crippen molar-refractivity contribution in [2.75, 3.05) is 26.4 Å². The zero-order chi connectivity index (χ0) is 21.1. The van der Waals surface area contributed by atoms with E-state index in [-0.39, 0.29) is 25.2 Å². The van der Waals surface area contributed by atoms with Crippen LogP contribution in [0.5, 0.6) is 11.5 Å². The Labute approximate surface area is 175 Å². The predicted octanol–water partition coefficient (Wildman–Crippen LogP) is 2.05. The number of hydroxylamine groups is 2. The summed E-state index contributed by atoms with van der Waals surface area (Å²) in [4.78, 5) is 37.4.